The smallest absolute Gasteiger partial charge is 0.166 e. The van der Waals surface area contributed by atoms with E-state index in [1.165, 1.54) is 0 Å². The SMILES string of the molecule is CCc1nc(N2CCN(CCP(O)O)CC2)c2ccccc2n1. The van der Waals surface area contributed by atoms with Gasteiger partial charge in [0.1, 0.15) is 11.6 Å². The van der Waals surface area contributed by atoms with Gasteiger partial charge in [-0.15, -0.1) is 0 Å². The predicted octanol–water partition coefficient (Wildman–Crippen LogP) is 1.61. The molecule has 6 nitrogen and oxygen atoms in total. The van der Waals surface area contributed by atoms with E-state index in [0.29, 0.717) is 6.16 Å². The molecule has 2 N–H and O–H groups in total. The number of hydrogen-bond acceptors (Lipinski definition) is 6. The lowest BCUT2D eigenvalue weighted by Gasteiger charge is -2.36. The molecular weight excluding hydrogens is 311 g/mol. The Bertz CT molecular complexity index is 660. The standard InChI is InChI=1S/C16H23N4O2P/c1-2-15-17-14-6-4-3-5-13(14)16(18-15)20-9-7-19(8-10-20)11-12-23(21)22/h3-6,21-22H,2,7-12H2,1H3. The molecule has 0 radical (unpaired) electrons. The van der Waals surface area contributed by atoms with Crippen LogP contribution in [-0.4, -0.2) is 63.5 Å². The number of hydrogen-bond donors (Lipinski definition) is 2. The third-order valence-corrected chi connectivity index (χ3v) is 4.83. The maximum Gasteiger partial charge on any atom is 0.166 e. The first-order valence-electron chi connectivity index (χ1n) is 8.05. The zero-order valence-corrected chi connectivity index (χ0v) is 14.3. The Morgan fingerprint density at radius 3 is 2.52 bits per heavy atom. The van der Waals surface area contributed by atoms with Crippen molar-refractivity contribution in [2.45, 2.75) is 13.3 Å². The molecule has 124 valence electrons. The van der Waals surface area contributed by atoms with E-state index in [9.17, 15) is 0 Å². The van der Waals surface area contributed by atoms with Crippen LogP contribution in [0.2, 0.25) is 0 Å². The van der Waals surface area contributed by atoms with E-state index < -0.39 is 8.38 Å². The van der Waals surface area contributed by atoms with Gasteiger partial charge in [0.15, 0.2) is 8.38 Å². The number of para-hydroxylation sites is 1. The van der Waals surface area contributed by atoms with Crippen LogP contribution in [0.5, 0.6) is 0 Å². The van der Waals surface area contributed by atoms with Crippen LogP contribution in [0.1, 0.15) is 12.7 Å². The topological polar surface area (TPSA) is 72.7 Å². The zero-order valence-electron chi connectivity index (χ0n) is 13.4. The van der Waals surface area contributed by atoms with Crippen molar-refractivity contribution in [1.82, 2.24) is 14.9 Å². The molecule has 1 aromatic carbocycles. The first-order chi connectivity index (χ1) is 11.2. The molecule has 1 aliphatic heterocycles. The lowest BCUT2D eigenvalue weighted by molar-refractivity contribution is 0.269. The minimum atomic E-state index is -1.79. The fraction of sp³-hybridized carbons (Fsp3) is 0.500. The number of nitrogens with zero attached hydrogens (tertiary/aromatic N) is 4. The molecule has 2 aromatic rings. The zero-order chi connectivity index (χ0) is 16.2. The lowest BCUT2D eigenvalue weighted by Crippen LogP contribution is -2.47. The highest BCUT2D eigenvalue weighted by Crippen LogP contribution is 2.26. The van der Waals surface area contributed by atoms with Gasteiger partial charge in [0, 0.05) is 50.7 Å². The third kappa shape index (κ3) is 3.96. The van der Waals surface area contributed by atoms with Gasteiger partial charge in [-0.25, -0.2) is 9.97 Å². The van der Waals surface area contributed by atoms with Crippen LogP contribution in [0.3, 0.4) is 0 Å². The second kappa shape index (κ2) is 7.49. The monoisotopic (exact) mass is 334 g/mol. The summed E-state index contributed by atoms with van der Waals surface area (Å²) in [4.78, 5) is 32.1. The number of aryl methyl sites for hydroxylation is 1. The Kier molecular flexibility index (Phi) is 5.38. The summed E-state index contributed by atoms with van der Waals surface area (Å²) in [6, 6.07) is 8.17. The molecule has 2 heterocycles. The molecule has 23 heavy (non-hydrogen) atoms. The van der Waals surface area contributed by atoms with E-state index >= 15 is 0 Å². The van der Waals surface area contributed by atoms with Crippen LogP contribution in [0.25, 0.3) is 10.9 Å². The minimum Gasteiger partial charge on any atom is -0.353 e. The molecule has 0 atom stereocenters. The summed E-state index contributed by atoms with van der Waals surface area (Å²) in [5.74, 6) is 1.91. The van der Waals surface area contributed by atoms with Crippen molar-refractivity contribution in [2.75, 3.05) is 43.8 Å². The normalized spacial score (nSPS) is 16.4. The first-order valence-corrected chi connectivity index (χ1v) is 9.49. The van der Waals surface area contributed by atoms with Crippen molar-refractivity contribution in [3.63, 3.8) is 0 Å². The van der Waals surface area contributed by atoms with Crippen molar-refractivity contribution in [3.05, 3.63) is 30.1 Å². The lowest BCUT2D eigenvalue weighted by atomic mass is 10.2. The highest BCUT2D eigenvalue weighted by atomic mass is 31.2. The Morgan fingerprint density at radius 1 is 1.09 bits per heavy atom. The maximum absolute atomic E-state index is 9.06. The Balaban J connectivity index is 1.76. The molecule has 0 saturated carbocycles. The molecule has 0 amide bonds. The largest absolute Gasteiger partial charge is 0.353 e. The summed E-state index contributed by atoms with van der Waals surface area (Å²) >= 11 is 0. The number of fused-ring (bicyclic) bond motifs is 1. The molecule has 1 aliphatic rings. The van der Waals surface area contributed by atoms with Gasteiger partial charge in [0.25, 0.3) is 0 Å². The second-order valence-corrected chi connectivity index (χ2v) is 6.95. The fourth-order valence-electron chi connectivity index (χ4n) is 2.92. The highest BCUT2D eigenvalue weighted by molar-refractivity contribution is 7.45. The van der Waals surface area contributed by atoms with Gasteiger partial charge >= 0.3 is 0 Å². The molecule has 7 heteroatoms. The molecule has 3 rings (SSSR count). The van der Waals surface area contributed by atoms with Crippen molar-refractivity contribution in [3.8, 4) is 0 Å². The van der Waals surface area contributed by atoms with Crippen molar-refractivity contribution in [2.24, 2.45) is 0 Å². The van der Waals surface area contributed by atoms with E-state index in [-0.39, 0.29) is 0 Å². The molecule has 1 saturated heterocycles. The number of piperazine rings is 1. The van der Waals surface area contributed by atoms with Crippen molar-refractivity contribution < 1.29 is 9.79 Å². The third-order valence-electron chi connectivity index (χ3n) is 4.23. The van der Waals surface area contributed by atoms with Crippen LogP contribution in [0.4, 0.5) is 5.82 Å². The Morgan fingerprint density at radius 2 is 1.83 bits per heavy atom. The molecule has 0 spiro atoms. The van der Waals surface area contributed by atoms with E-state index in [2.05, 4.69) is 27.8 Å². The van der Waals surface area contributed by atoms with Crippen LogP contribution in [-0.2, 0) is 6.42 Å². The average Bonchev–Trinajstić information content (AvgIpc) is 2.59. The minimum absolute atomic E-state index is 0.464. The number of aromatic nitrogens is 2. The van der Waals surface area contributed by atoms with E-state index in [0.717, 1.165) is 61.7 Å². The van der Waals surface area contributed by atoms with Crippen LogP contribution >= 0.6 is 8.38 Å². The van der Waals surface area contributed by atoms with Gasteiger partial charge in [0.05, 0.1) is 5.52 Å². The summed E-state index contributed by atoms with van der Waals surface area (Å²) in [7, 11) is -1.79. The summed E-state index contributed by atoms with van der Waals surface area (Å²) in [6.07, 6.45) is 1.29. The van der Waals surface area contributed by atoms with Crippen LogP contribution in [0, 0.1) is 0 Å². The maximum atomic E-state index is 9.06. The summed E-state index contributed by atoms with van der Waals surface area (Å²) in [6.45, 7) is 6.47. The first kappa shape index (κ1) is 16.5. The Labute approximate surface area is 137 Å². The molecular formula is C16H23N4O2P. The number of anilines is 1. The number of rotatable bonds is 5. The molecule has 1 fully saturated rings. The van der Waals surface area contributed by atoms with Gasteiger partial charge in [0.2, 0.25) is 0 Å². The van der Waals surface area contributed by atoms with Crippen LogP contribution < -0.4 is 4.90 Å². The predicted molar refractivity (Wildman–Crippen MR) is 93.8 cm³/mol. The molecule has 0 bridgehead atoms. The van der Waals surface area contributed by atoms with Gasteiger partial charge in [-0.3, -0.25) is 4.90 Å². The van der Waals surface area contributed by atoms with E-state index in [1.807, 2.05) is 18.2 Å². The summed E-state index contributed by atoms with van der Waals surface area (Å²) < 4.78 is 0. The average molecular weight is 334 g/mol. The Hall–Kier alpha value is -1.33. The van der Waals surface area contributed by atoms with Gasteiger partial charge in [-0.1, -0.05) is 19.1 Å². The molecule has 1 aromatic heterocycles. The van der Waals surface area contributed by atoms with Crippen molar-refractivity contribution in [1.29, 1.82) is 0 Å². The van der Waals surface area contributed by atoms with E-state index in [1.54, 1.807) is 0 Å². The quantitative estimate of drug-likeness (QED) is 0.810. The molecule has 0 aliphatic carbocycles. The summed E-state index contributed by atoms with van der Waals surface area (Å²) in [5, 5.41) is 1.10. The number of benzene rings is 1. The summed E-state index contributed by atoms with van der Waals surface area (Å²) in [5.41, 5.74) is 1.00. The second-order valence-electron chi connectivity index (χ2n) is 5.76. The van der Waals surface area contributed by atoms with Crippen molar-refractivity contribution >= 4 is 25.1 Å². The highest BCUT2D eigenvalue weighted by Gasteiger charge is 2.20. The van der Waals surface area contributed by atoms with Gasteiger partial charge in [-0.05, 0) is 12.1 Å². The van der Waals surface area contributed by atoms with Gasteiger partial charge < -0.3 is 14.7 Å². The van der Waals surface area contributed by atoms with Gasteiger partial charge in [-0.2, -0.15) is 0 Å². The molecule has 0 unspecified atom stereocenters. The van der Waals surface area contributed by atoms with Crippen LogP contribution in [0.15, 0.2) is 24.3 Å². The van der Waals surface area contributed by atoms with E-state index in [4.69, 9.17) is 14.8 Å². The fourth-order valence-corrected chi connectivity index (χ4v) is 3.38.